The van der Waals surface area contributed by atoms with Crippen molar-refractivity contribution in [3.63, 3.8) is 0 Å². The maximum Gasteiger partial charge on any atom is 0.392 e. The first-order valence-corrected chi connectivity index (χ1v) is 6.56. The molecule has 0 saturated heterocycles. The smallest absolute Gasteiger partial charge is 0.392 e. The number of pyridine rings is 1. The first-order chi connectivity index (χ1) is 10.1. The summed E-state index contributed by atoms with van der Waals surface area (Å²) in [6, 6.07) is 9.62. The molecule has 21 heavy (non-hydrogen) atoms. The number of imidazole rings is 1. The number of nitrogens with zero attached hydrogens (tertiary/aromatic N) is 3. The molecule has 3 rings (SSSR count). The topological polar surface area (TPSA) is 69.7 Å². The fraction of sp³-hybridized carbons (Fsp3) is 0. The number of aromatic nitrogens is 2. The molecule has 0 aliphatic rings. The molecule has 8 heteroatoms. The molecule has 2 heterocycles. The predicted octanol–water partition coefficient (Wildman–Crippen LogP) is 4.34. The van der Waals surface area contributed by atoms with Gasteiger partial charge in [-0.2, -0.15) is 9.38 Å². The van der Waals surface area contributed by atoms with E-state index in [4.69, 9.17) is 27.9 Å². The number of benzene rings is 1. The average molecular weight is 324 g/mol. The molecule has 0 atom stereocenters. The summed E-state index contributed by atoms with van der Waals surface area (Å²) in [5.74, 6) is -0.0443. The molecular formula is C13H7Cl2N3O3. The van der Waals surface area contributed by atoms with E-state index in [1.807, 2.05) is 0 Å². The highest BCUT2D eigenvalue weighted by Crippen LogP contribution is 2.34. The van der Waals surface area contributed by atoms with Gasteiger partial charge in [0.15, 0.2) is 0 Å². The lowest BCUT2D eigenvalue weighted by Gasteiger charge is -2.03. The molecule has 0 fully saturated rings. The molecule has 0 radical (unpaired) electrons. The largest absolute Gasteiger partial charge is 0.432 e. The Labute approximate surface area is 128 Å². The molecule has 2 aromatic heterocycles. The van der Waals surface area contributed by atoms with Crippen molar-refractivity contribution in [2.24, 2.45) is 0 Å². The Morgan fingerprint density at radius 3 is 2.71 bits per heavy atom. The highest BCUT2D eigenvalue weighted by Gasteiger charge is 2.24. The van der Waals surface area contributed by atoms with Gasteiger partial charge in [0.25, 0.3) is 0 Å². The van der Waals surface area contributed by atoms with Crippen LogP contribution in [-0.4, -0.2) is 14.3 Å². The summed E-state index contributed by atoms with van der Waals surface area (Å²) in [6.07, 6.45) is 1.54. The van der Waals surface area contributed by atoms with Crippen LogP contribution in [0.15, 0.2) is 42.6 Å². The van der Waals surface area contributed by atoms with Crippen LogP contribution >= 0.6 is 23.2 Å². The lowest BCUT2D eigenvalue weighted by atomic mass is 10.3. The van der Waals surface area contributed by atoms with Gasteiger partial charge in [-0.05, 0) is 23.1 Å². The van der Waals surface area contributed by atoms with Crippen LogP contribution in [0.1, 0.15) is 0 Å². The molecule has 0 unspecified atom stereocenters. The standard InChI is InChI=1S/C13H7Cl2N3O3/c14-9-5-4-8(7-10(9)15)21-12-13(18(19)20)17-6-2-1-3-11(17)16-12/h1-7H. The van der Waals surface area contributed by atoms with Gasteiger partial charge >= 0.3 is 11.7 Å². The zero-order valence-electron chi connectivity index (χ0n) is 10.4. The van der Waals surface area contributed by atoms with Crippen LogP contribution in [0, 0.1) is 10.1 Å². The normalized spacial score (nSPS) is 10.8. The van der Waals surface area contributed by atoms with E-state index in [1.165, 1.54) is 10.5 Å². The highest BCUT2D eigenvalue weighted by molar-refractivity contribution is 6.42. The fourth-order valence-electron chi connectivity index (χ4n) is 1.85. The van der Waals surface area contributed by atoms with E-state index < -0.39 is 4.92 Å². The molecular weight excluding hydrogens is 317 g/mol. The maximum atomic E-state index is 11.2. The van der Waals surface area contributed by atoms with Gasteiger partial charge in [-0.15, -0.1) is 0 Å². The van der Waals surface area contributed by atoms with Crippen molar-refractivity contribution in [2.45, 2.75) is 0 Å². The molecule has 6 nitrogen and oxygen atoms in total. The van der Waals surface area contributed by atoms with Crippen LogP contribution < -0.4 is 4.74 Å². The van der Waals surface area contributed by atoms with Crippen LogP contribution in [0.5, 0.6) is 11.6 Å². The van der Waals surface area contributed by atoms with Crippen molar-refractivity contribution >= 4 is 34.7 Å². The second-order valence-electron chi connectivity index (χ2n) is 4.10. The minimum atomic E-state index is -0.549. The van der Waals surface area contributed by atoms with Gasteiger partial charge in [-0.25, -0.2) is 0 Å². The van der Waals surface area contributed by atoms with Crippen LogP contribution in [0.3, 0.4) is 0 Å². The molecule has 0 amide bonds. The second kappa shape index (κ2) is 5.23. The van der Waals surface area contributed by atoms with Crippen LogP contribution in [0.2, 0.25) is 10.0 Å². The Kier molecular flexibility index (Phi) is 3.40. The molecule has 106 valence electrons. The number of hydrogen-bond acceptors (Lipinski definition) is 4. The highest BCUT2D eigenvalue weighted by atomic mass is 35.5. The zero-order chi connectivity index (χ0) is 15.0. The number of halogens is 2. The van der Waals surface area contributed by atoms with Gasteiger partial charge in [0.2, 0.25) is 5.65 Å². The predicted molar refractivity (Wildman–Crippen MR) is 78.4 cm³/mol. The van der Waals surface area contributed by atoms with Crippen LogP contribution in [-0.2, 0) is 0 Å². The molecule has 0 spiro atoms. The van der Waals surface area contributed by atoms with Gasteiger partial charge in [0, 0.05) is 12.1 Å². The number of nitro groups is 1. The molecule has 0 N–H and O–H groups in total. The van der Waals surface area contributed by atoms with E-state index >= 15 is 0 Å². The van der Waals surface area contributed by atoms with Crippen molar-refractivity contribution in [2.75, 3.05) is 0 Å². The van der Waals surface area contributed by atoms with Gasteiger partial charge < -0.3 is 14.9 Å². The van der Waals surface area contributed by atoms with Crippen molar-refractivity contribution in [3.05, 3.63) is 62.8 Å². The molecule has 0 saturated carbocycles. The van der Waals surface area contributed by atoms with Crippen molar-refractivity contribution in [1.29, 1.82) is 0 Å². The van der Waals surface area contributed by atoms with Crippen LogP contribution in [0.4, 0.5) is 5.82 Å². The Hall–Kier alpha value is -2.31. The first-order valence-electron chi connectivity index (χ1n) is 5.80. The third-order valence-electron chi connectivity index (χ3n) is 2.75. The Balaban J connectivity index is 2.09. The maximum absolute atomic E-state index is 11.2. The summed E-state index contributed by atoms with van der Waals surface area (Å²) in [5, 5.41) is 11.9. The lowest BCUT2D eigenvalue weighted by molar-refractivity contribution is -0.391. The summed E-state index contributed by atoms with van der Waals surface area (Å²) in [4.78, 5) is 14.8. The molecule has 0 aliphatic heterocycles. The number of fused-ring (bicyclic) bond motifs is 1. The molecule has 0 bridgehead atoms. The van der Waals surface area contributed by atoms with Gasteiger partial charge in [-0.3, -0.25) is 0 Å². The van der Waals surface area contributed by atoms with E-state index in [0.29, 0.717) is 21.4 Å². The van der Waals surface area contributed by atoms with E-state index in [1.54, 1.807) is 36.5 Å². The Morgan fingerprint density at radius 2 is 2.00 bits per heavy atom. The number of rotatable bonds is 3. The van der Waals surface area contributed by atoms with Gasteiger partial charge in [0.05, 0.1) is 16.2 Å². The summed E-state index contributed by atoms with van der Waals surface area (Å²) in [5.41, 5.74) is 0.416. The quantitative estimate of drug-likeness (QED) is 0.531. The second-order valence-corrected chi connectivity index (χ2v) is 4.92. The molecule has 3 aromatic rings. The van der Waals surface area contributed by atoms with Crippen LogP contribution in [0.25, 0.3) is 5.65 Å². The summed E-state index contributed by atoms with van der Waals surface area (Å²) in [6.45, 7) is 0. The Bertz CT molecular complexity index is 848. The first kappa shape index (κ1) is 13.7. The fourth-order valence-corrected chi connectivity index (χ4v) is 2.14. The average Bonchev–Trinajstić information content (AvgIpc) is 2.80. The number of hydrogen-bond donors (Lipinski definition) is 0. The summed E-state index contributed by atoms with van der Waals surface area (Å²) in [7, 11) is 0. The van der Waals surface area contributed by atoms with E-state index in [9.17, 15) is 10.1 Å². The van der Waals surface area contributed by atoms with E-state index in [-0.39, 0.29) is 11.7 Å². The lowest BCUT2D eigenvalue weighted by Crippen LogP contribution is -1.96. The minimum Gasteiger partial charge on any atom is -0.432 e. The monoisotopic (exact) mass is 323 g/mol. The van der Waals surface area contributed by atoms with Crippen molar-refractivity contribution in [1.82, 2.24) is 9.38 Å². The Morgan fingerprint density at radius 1 is 1.19 bits per heavy atom. The molecule has 1 aromatic carbocycles. The molecule has 0 aliphatic carbocycles. The summed E-state index contributed by atoms with van der Waals surface area (Å²) < 4.78 is 6.82. The summed E-state index contributed by atoms with van der Waals surface area (Å²) >= 11 is 11.7. The number of ether oxygens (including phenoxy) is 1. The van der Waals surface area contributed by atoms with Gasteiger partial charge in [-0.1, -0.05) is 29.3 Å². The minimum absolute atomic E-state index is 0.107. The van der Waals surface area contributed by atoms with E-state index in [0.717, 1.165) is 0 Å². The zero-order valence-corrected chi connectivity index (χ0v) is 11.9. The third kappa shape index (κ3) is 2.51. The SMILES string of the molecule is O=[N+]([O-])c1c(Oc2ccc(Cl)c(Cl)c2)nc2ccccn12. The van der Waals surface area contributed by atoms with E-state index in [2.05, 4.69) is 4.98 Å². The third-order valence-corrected chi connectivity index (χ3v) is 3.49. The van der Waals surface area contributed by atoms with Gasteiger partial charge in [0.1, 0.15) is 5.75 Å². The van der Waals surface area contributed by atoms with Crippen molar-refractivity contribution < 1.29 is 9.66 Å². The van der Waals surface area contributed by atoms with Crippen molar-refractivity contribution in [3.8, 4) is 11.6 Å².